The van der Waals surface area contributed by atoms with Crippen molar-refractivity contribution in [2.75, 3.05) is 19.6 Å². The van der Waals surface area contributed by atoms with Crippen molar-refractivity contribution in [3.63, 3.8) is 0 Å². The second-order valence-corrected chi connectivity index (χ2v) is 6.56. The minimum absolute atomic E-state index is 0.00940. The Morgan fingerprint density at radius 1 is 1.36 bits per heavy atom. The summed E-state index contributed by atoms with van der Waals surface area (Å²) in [4.78, 5) is 18.8. The van der Waals surface area contributed by atoms with Gasteiger partial charge < -0.3 is 14.6 Å². The Hall–Kier alpha value is -2.83. The van der Waals surface area contributed by atoms with Gasteiger partial charge in [-0.15, -0.1) is 0 Å². The largest absolute Gasteiger partial charge is 0.338 e. The van der Waals surface area contributed by atoms with E-state index in [0.29, 0.717) is 12.5 Å². The number of rotatable bonds is 4. The summed E-state index contributed by atoms with van der Waals surface area (Å²) in [5.74, 6) is 0.387. The van der Waals surface area contributed by atoms with Crippen molar-refractivity contribution in [3.8, 4) is 0 Å². The van der Waals surface area contributed by atoms with Crippen LogP contribution in [-0.2, 0) is 13.5 Å². The zero-order valence-corrected chi connectivity index (χ0v) is 14.3. The minimum Gasteiger partial charge on any atom is -0.338 e. The number of urea groups is 1. The maximum absolute atomic E-state index is 12.4. The zero-order valence-electron chi connectivity index (χ0n) is 14.3. The van der Waals surface area contributed by atoms with E-state index in [1.54, 1.807) is 0 Å². The van der Waals surface area contributed by atoms with Crippen LogP contribution in [0, 0.1) is 0 Å². The molecule has 130 valence electrons. The van der Waals surface area contributed by atoms with Crippen molar-refractivity contribution >= 4 is 11.7 Å². The number of fused-ring (bicyclic) bond motifs is 1. The molecule has 3 aromatic rings. The highest BCUT2D eigenvalue weighted by atomic mass is 16.2. The number of carbonyl (C=O) groups excluding carboxylic acids is 1. The summed E-state index contributed by atoms with van der Waals surface area (Å²) in [5.41, 5.74) is 3.13. The lowest BCUT2D eigenvalue weighted by molar-refractivity contribution is 0.208. The number of nitrogens with zero attached hydrogens (tertiary/aromatic N) is 5. The van der Waals surface area contributed by atoms with Crippen molar-refractivity contribution in [2.45, 2.75) is 18.8 Å². The highest BCUT2D eigenvalue weighted by molar-refractivity contribution is 5.74. The van der Waals surface area contributed by atoms with Crippen LogP contribution in [0.25, 0.3) is 5.65 Å². The number of nitrogens with one attached hydrogen (secondary N) is 1. The lowest BCUT2D eigenvalue weighted by atomic mass is 10.0. The van der Waals surface area contributed by atoms with Crippen LogP contribution in [0.5, 0.6) is 0 Å². The van der Waals surface area contributed by atoms with Gasteiger partial charge in [-0.2, -0.15) is 5.10 Å². The van der Waals surface area contributed by atoms with E-state index in [1.807, 2.05) is 64.0 Å². The predicted molar refractivity (Wildman–Crippen MR) is 94.4 cm³/mol. The Labute approximate surface area is 146 Å². The van der Waals surface area contributed by atoms with Gasteiger partial charge in [-0.1, -0.05) is 6.07 Å². The number of likely N-dealkylation sites (tertiary alicyclic amines) is 1. The molecule has 4 heterocycles. The molecule has 1 saturated heterocycles. The summed E-state index contributed by atoms with van der Waals surface area (Å²) in [6, 6.07) is 5.94. The van der Waals surface area contributed by atoms with Gasteiger partial charge >= 0.3 is 6.03 Å². The van der Waals surface area contributed by atoms with Gasteiger partial charge in [0, 0.05) is 57.6 Å². The number of aromatic nitrogens is 4. The first-order chi connectivity index (χ1) is 12.2. The lowest BCUT2D eigenvalue weighted by Crippen LogP contribution is -2.39. The maximum atomic E-state index is 12.4. The highest BCUT2D eigenvalue weighted by Gasteiger charge is 2.27. The van der Waals surface area contributed by atoms with Crippen LogP contribution < -0.4 is 5.32 Å². The van der Waals surface area contributed by atoms with E-state index in [0.717, 1.165) is 37.3 Å². The Bertz CT molecular complexity index is 849. The molecule has 0 aromatic carbocycles. The number of pyridine rings is 1. The highest BCUT2D eigenvalue weighted by Crippen LogP contribution is 2.26. The summed E-state index contributed by atoms with van der Waals surface area (Å²) < 4.78 is 3.81. The molecule has 1 N–H and O–H groups in total. The van der Waals surface area contributed by atoms with Crippen LogP contribution >= 0.6 is 0 Å². The standard InChI is InChI=1S/C18H22N6O/c1-22-11-15(10-20-22)14-6-9-24(12-14)18(25)19-7-5-16-13-23-8-3-2-4-17(23)21-16/h2-4,8,10-11,13-14H,5-7,9,12H2,1H3,(H,19,25)/t14-/m0/s1. The quantitative estimate of drug-likeness (QED) is 0.789. The number of hydrogen-bond donors (Lipinski definition) is 1. The Kier molecular flexibility index (Phi) is 4.13. The monoisotopic (exact) mass is 338 g/mol. The number of hydrogen-bond acceptors (Lipinski definition) is 3. The average molecular weight is 338 g/mol. The summed E-state index contributed by atoms with van der Waals surface area (Å²) in [7, 11) is 1.92. The van der Waals surface area contributed by atoms with E-state index in [-0.39, 0.29) is 6.03 Å². The molecule has 0 unspecified atom stereocenters. The minimum atomic E-state index is 0.00940. The molecule has 0 saturated carbocycles. The SMILES string of the molecule is Cn1cc([C@H]2CCN(C(=O)NCCc3cn4ccccc4n3)C2)cn1. The van der Waals surface area contributed by atoms with E-state index in [2.05, 4.69) is 15.4 Å². The van der Waals surface area contributed by atoms with Gasteiger partial charge in [0.15, 0.2) is 0 Å². The molecule has 0 spiro atoms. The number of imidazole rings is 1. The second-order valence-electron chi connectivity index (χ2n) is 6.56. The zero-order chi connectivity index (χ0) is 17.2. The molecule has 1 fully saturated rings. The van der Waals surface area contributed by atoms with Crippen LogP contribution in [0.3, 0.4) is 0 Å². The molecule has 0 bridgehead atoms. The predicted octanol–water partition coefficient (Wildman–Crippen LogP) is 1.81. The second kappa shape index (κ2) is 6.58. The van der Waals surface area contributed by atoms with Crippen LogP contribution in [-0.4, -0.2) is 49.7 Å². The molecule has 7 nitrogen and oxygen atoms in total. The first-order valence-electron chi connectivity index (χ1n) is 8.63. The first kappa shape index (κ1) is 15.7. The van der Waals surface area contributed by atoms with Gasteiger partial charge in [-0.25, -0.2) is 9.78 Å². The van der Waals surface area contributed by atoms with Gasteiger partial charge in [-0.05, 0) is 24.1 Å². The van der Waals surface area contributed by atoms with Crippen molar-refractivity contribution in [1.82, 2.24) is 29.4 Å². The third-order valence-electron chi connectivity index (χ3n) is 4.74. The lowest BCUT2D eigenvalue weighted by Gasteiger charge is -2.17. The topological polar surface area (TPSA) is 67.5 Å². The fraction of sp³-hybridized carbons (Fsp3) is 0.389. The van der Waals surface area contributed by atoms with E-state index >= 15 is 0 Å². The summed E-state index contributed by atoms with van der Waals surface area (Å²) in [5, 5.41) is 7.23. The van der Waals surface area contributed by atoms with E-state index in [1.165, 1.54) is 5.56 Å². The number of amides is 2. The number of aryl methyl sites for hydroxylation is 1. The van der Waals surface area contributed by atoms with Gasteiger partial charge in [0.1, 0.15) is 5.65 Å². The summed E-state index contributed by atoms with van der Waals surface area (Å²) in [6.45, 7) is 2.14. The van der Waals surface area contributed by atoms with Gasteiger partial charge in [-0.3, -0.25) is 4.68 Å². The molecule has 4 rings (SSSR count). The molecule has 1 atom stereocenters. The third-order valence-corrected chi connectivity index (χ3v) is 4.74. The molecule has 0 aliphatic carbocycles. The third kappa shape index (κ3) is 3.35. The molecule has 1 aliphatic rings. The van der Waals surface area contributed by atoms with E-state index in [9.17, 15) is 4.79 Å². The average Bonchev–Trinajstić information content (AvgIpc) is 3.32. The Morgan fingerprint density at radius 2 is 2.28 bits per heavy atom. The van der Waals surface area contributed by atoms with Crippen molar-refractivity contribution in [2.24, 2.45) is 7.05 Å². The van der Waals surface area contributed by atoms with E-state index in [4.69, 9.17) is 0 Å². The molecule has 25 heavy (non-hydrogen) atoms. The van der Waals surface area contributed by atoms with Crippen LogP contribution in [0.2, 0.25) is 0 Å². The Balaban J connectivity index is 1.28. The van der Waals surface area contributed by atoms with Gasteiger partial charge in [0.05, 0.1) is 11.9 Å². The first-order valence-corrected chi connectivity index (χ1v) is 8.63. The Morgan fingerprint density at radius 3 is 3.08 bits per heavy atom. The van der Waals surface area contributed by atoms with Crippen molar-refractivity contribution in [3.05, 3.63) is 54.2 Å². The van der Waals surface area contributed by atoms with E-state index < -0.39 is 0 Å². The number of carbonyl (C=O) groups is 1. The molecule has 3 aromatic heterocycles. The maximum Gasteiger partial charge on any atom is 0.317 e. The van der Waals surface area contributed by atoms with Crippen LogP contribution in [0.15, 0.2) is 43.0 Å². The molecule has 1 aliphatic heterocycles. The summed E-state index contributed by atoms with van der Waals surface area (Å²) >= 11 is 0. The van der Waals surface area contributed by atoms with Crippen LogP contribution in [0.4, 0.5) is 4.79 Å². The molecule has 0 radical (unpaired) electrons. The molecule has 2 amide bonds. The van der Waals surface area contributed by atoms with Gasteiger partial charge in [0.25, 0.3) is 0 Å². The smallest absolute Gasteiger partial charge is 0.317 e. The molecular formula is C18H22N6O. The van der Waals surface area contributed by atoms with Crippen molar-refractivity contribution < 1.29 is 4.79 Å². The molecule has 7 heteroatoms. The van der Waals surface area contributed by atoms with Gasteiger partial charge in [0.2, 0.25) is 0 Å². The normalized spacial score (nSPS) is 17.3. The van der Waals surface area contributed by atoms with Crippen LogP contribution in [0.1, 0.15) is 23.6 Å². The summed E-state index contributed by atoms with van der Waals surface area (Å²) in [6.07, 6.45) is 9.65. The fourth-order valence-electron chi connectivity index (χ4n) is 3.38. The fourth-order valence-corrected chi connectivity index (χ4v) is 3.38. The molecular weight excluding hydrogens is 316 g/mol. The van der Waals surface area contributed by atoms with Crippen molar-refractivity contribution in [1.29, 1.82) is 0 Å².